The molecule has 1 amide bonds. The van der Waals surface area contributed by atoms with Crippen molar-refractivity contribution in [1.29, 1.82) is 5.26 Å². The van der Waals surface area contributed by atoms with Crippen LogP contribution in [-0.4, -0.2) is 41.4 Å². The molecule has 3 atom stereocenters. The molecule has 3 rings (SSSR count). The van der Waals surface area contributed by atoms with E-state index < -0.39 is 5.41 Å². The van der Waals surface area contributed by atoms with Gasteiger partial charge in [0.05, 0.1) is 17.6 Å². The maximum absolute atomic E-state index is 13.3. The highest BCUT2D eigenvalue weighted by Crippen LogP contribution is 2.48. The van der Waals surface area contributed by atoms with Gasteiger partial charge in [-0.25, -0.2) is 0 Å². The molecule has 2 aliphatic rings. The highest BCUT2D eigenvalue weighted by molar-refractivity contribution is 6.06. The maximum Gasteiger partial charge on any atom is 0.237 e. The monoisotopic (exact) mass is 324 g/mol. The van der Waals surface area contributed by atoms with Crippen molar-refractivity contribution in [3.8, 4) is 6.07 Å². The second-order valence-corrected chi connectivity index (χ2v) is 6.47. The number of rotatable bonds is 3. The van der Waals surface area contributed by atoms with Gasteiger partial charge in [0.15, 0.2) is 5.78 Å². The van der Waals surface area contributed by atoms with Gasteiger partial charge in [-0.1, -0.05) is 37.3 Å². The van der Waals surface area contributed by atoms with E-state index in [1.807, 2.05) is 43.3 Å². The second kappa shape index (κ2) is 6.21. The predicted octanol–water partition coefficient (Wildman–Crippen LogP) is 1.43. The Labute approximate surface area is 141 Å². The normalized spacial score (nSPS) is 29.7. The molecule has 5 heteroatoms. The van der Waals surface area contributed by atoms with Crippen molar-refractivity contribution in [3.63, 3.8) is 0 Å². The average molecular weight is 324 g/mol. The minimum atomic E-state index is -1.01. The van der Waals surface area contributed by atoms with Crippen LogP contribution < -0.4 is 0 Å². The molecular formula is C19H20N2O3. The summed E-state index contributed by atoms with van der Waals surface area (Å²) in [6, 6.07) is 11.3. The highest BCUT2D eigenvalue weighted by Gasteiger charge is 2.56. The first-order chi connectivity index (χ1) is 11.6. The lowest BCUT2D eigenvalue weighted by molar-refractivity contribution is -0.145. The molecule has 1 heterocycles. The Morgan fingerprint density at radius 3 is 2.67 bits per heavy atom. The van der Waals surface area contributed by atoms with Gasteiger partial charge in [0, 0.05) is 19.0 Å². The van der Waals surface area contributed by atoms with Crippen LogP contribution in [0.4, 0.5) is 0 Å². The number of carbonyl (C=O) groups is 2. The van der Waals surface area contributed by atoms with E-state index in [-0.39, 0.29) is 42.3 Å². The summed E-state index contributed by atoms with van der Waals surface area (Å²) in [5.74, 6) is -0.874. The van der Waals surface area contributed by atoms with E-state index in [0.29, 0.717) is 13.0 Å². The predicted molar refractivity (Wildman–Crippen MR) is 87.8 cm³/mol. The first-order valence-electron chi connectivity index (χ1n) is 8.19. The van der Waals surface area contributed by atoms with Crippen LogP contribution in [0.25, 0.3) is 0 Å². The van der Waals surface area contributed by atoms with Gasteiger partial charge >= 0.3 is 0 Å². The number of hydrogen-bond acceptors (Lipinski definition) is 4. The van der Waals surface area contributed by atoms with E-state index in [4.69, 9.17) is 0 Å². The number of likely N-dealkylation sites (tertiary alicyclic amines) is 1. The van der Waals surface area contributed by atoms with Crippen molar-refractivity contribution in [2.75, 3.05) is 19.7 Å². The quantitative estimate of drug-likeness (QED) is 0.912. The third kappa shape index (κ3) is 2.26. The number of aliphatic hydroxyl groups excluding tert-OH is 1. The molecule has 124 valence electrons. The molecule has 1 aliphatic heterocycles. The summed E-state index contributed by atoms with van der Waals surface area (Å²) in [5, 5.41) is 18.6. The molecule has 5 nitrogen and oxygen atoms in total. The minimum absolute atomic E-state index is 0.0572. The standard InChI is InChI=1S/C19H20N2O3/c1-13-16-7-8-21(9-10-22)18(24)19(16,11-14(12-20)17(13)23)15-5-3-2-4-6-15/h2-6,11,13,16,22H,7-10H2,1H3/t13-,16-,19-/m0/s1. The summed E-state index contributed by atoms with van der Waals surface area (Å²) in [7, 11) is 0. The molecule has 1 aliphatic carbocycles. The summed E-state index contributed by atoms with van der Waals surface area (Å²) in [6.45, 7) is 2.48. The van der Waals surface area contributed by atoms with Crippen LogP contribution in [-0.2, 0) is 15.0 Å². The molecule has 0 spiro atoms. The van der Waals surface area contributed by atoms with E-state index in [1.54, 1.807) is 11.0 Å². The summed E-state index contributed by atoms with van der Waals surface area (Å²) < 4.78 is 0. The number of aliphatic hydroxyl groups is 1. The number of ketones is 1. The number of allylic oxidation sites excluding steroid dienone is 1. The summed E-state index contributed by atoms with van der Waals surface area (Å²) in [5.41, 5.74) is -0.149. The largest absolute Gasteiger partial charge is 0.395 e. The number of nitrogens with zero attached hydrogens (tertiary/aromatic N) is 2. The maximum atomic E-state index is 13.3. The van der Waals surface area contributed by atoms with Gasteiger partial charge in [0.1, 0.15) is 6.07 Å². The lowest BCUT2D eigenvalue weighted by Gasteiger charge is -2.49. The number of nitriles is 1. The molecule has 1 N–H and O–H groups in total. The molecule has 0 saturated carbocycles. The van der Waals surface area contributed by atoms with Crippen molar-refractivity contribution < 1.29 is 14.7 Å². The third-order valence-electron chi connectivity index (χ3n) is 5.33. The van der Waals surface area contributed by atoms with Crippen molar-refractivity contribution in [1.82, 2.24) is 4.90 Å². The molecule has 1 aromatic carbocycles. The van der Waals surface area contributed by atoms with Crippen molar-refractivity contribution >= 4 is 11.7 Å². The van der Waals surface area contributed by atoms with Crippen LogP contribution in [0.15, 0.2) is 42.0 Å². The number of hydrogen-bond donors (Lipinski definition) is 1. The van der Waals surface area contributed by atoms with Crippen LogP contribution in [0.2, 0.25) is 0 Å². The number of benzene rings is 1. The molecule has 1 saturated heterocycles. The van der Waals surface area contributed by atoms with Gasteiger partial charge in [-0.05, 0) is 24.0 Å². The Hall–Kier alpha value is -2.45. The molecule has 1 aromatic rings. The van der Waals surface area contributed by atoms with Crippen LogP contribution in [0.1, 0.15) is 18.9 Å². The fraction of sp³-hybridized carbons (Fsp3) is 0.421. The molecule has 0 bridgehead atoms. The zero-order valence-corrected chi connectivity index (χ0v) is 13.6. The Bertz CT molecular complexity index is 735. The smallest absolute Gasteiger partial charge is 0.237 e. The molecule has 0 unspecified atom stereocenters. The van der Waals surface area contributed by atoms with Crippen molar-refractivity contribution in [2.24, 2.45) is 11.8 Å². The first kappa shape index (κ1) is 16.4. The lowest BCUT2D eigenvalue weighted by Crippen LogP contribution is -2.60. The van der Waals surface area contributed by atoms with Gasteiger partial charge in [0.25, 0.3) is 0 Å². The average Bonchev–Trinajstić information content (AvgIpc) is 2.61. The van der Waals surface area contributed by atoms with Crippen molar-refractivity contribution in [3.05, 3.63) is 47.5 Å². The van der Waals surface area contributed by atoms with Gasteiger partial charge in [0.2, 0.25) is 5.91 Å². The number of β-amino-alcohol motifs (C(OH)–C–C–N with tert-alkyl or cyclic N) is 1. The SMILES string of the molecule is C[C@@H]1C(=O)C(C#N)=C[C@@]2(c3ccccc3)C(=O)N(CCO)CC[C@@H]12. The van der Waals surface area contributed by atoms with Crippen LogP contribution in [0.3, 0.4) is 0 Å². The highest BCUT2D eigenvalue weighted by atomic mass is 16.3. The Balaban J connectivity index is 2.24. The number of Topliss-reactive ketones (excluding diaryl/α,β-unsaturated/α-hetero) is 1. The third-order valence-corrected chi connectivity index (χ3v) is 5.33. The summed E-state index contributed by atoms with van der Waals surface area (Å²) in [6.07, 6.45) is 2.24. The van der Waals surface area contributed by atoms with Gasteiger partial charge in [-0.15, -0.1) is 0 Å². The molecule has 1 fully saturated rings. The van der Waals surface area contributed by atoms with Crippen LogP contribution in [0.5, 0.6) is 0 Å². The van der Waals surface area contributed by atoms with E-state index in [2.05, 4.69) is 0 Å². The Kier molecular flexibility index (Phi) is 4.25. The summed E-state index contributed by atoms with van der Waals surface area (Å²) >= 11 is 0. The Morgan fingerprint density at radius 1 is 1.33 bits per heavy atom. The zero-order valence-electron chi connectivity index (χ0n) is 13.6. The zero-order chi connectivity index (χ0) is 17.3. The van der Waals surface area contributed by atoms with E-state index in [1.165, 1.54) is 0 Å². The first-order valence-corrected chi connectivity index (χ1v) is 8.19. The molecule has 0 radical (unpaired) electrons. The van der Waals surface area contributed by atoms with E-state index >= 15 is 0 Å². The summed E-state index contributed by atoms with van der Waals surface area (Å²) in [4.78, 5) is 27.4. The fourth-order valence-corrected chi connectivity index (χ4v) is 4.14. The van der Waals surface area contributed by atoms with Crippen LogP contribution in [0, 0.1) is 23.2 Å². The van der Waals surface area contributed by atoms with Gasteiger partial charge in [-0.3, -0.25) is 9.59 Å². The second-order valence-electron chi connectivity index (χ2n) is 6.47. The fourth-order valence-electron chi connectivity index (χ4n) is 4.14. The lowest BCUT2D eigenvalue weighted by atomic mass is 9.57. The van der Waals surface area contributed by atoms with Crippen molar-refractivity contribution in [2.45, 2.75) is 18.8 Å². The molecule has 24 heavy (non-hydrogen) atoms. The molecular weight excluding hydrogens is 304 g/mol. The van der Waals surface area contributed by atoms with E-state index in [0.717, 1.165) is 5.56 Å². The van der Waals surface area contributed by atoms with Gasteiger partial charge in [-0.2, -0.15) is 5.26 Å². The number of amides is 1. The number of carbonyl (C=O) groups excluding carboxylic acids is 2. The number of piperidine rings is 1. The number of fused-ring (bicyclic) bond motifs is 1. The Morgan fingerprint density at radius 2 is 2.04 bits per heavy atom. The van der Waals surface area contributed by atoms with Gasteiger partial charge < -0.3 is 10.0 Å². The topological polar surface area (TPSA) is 81.4 Å². The van der Waals surface area contributed by atoms with E-state index in [9.17, 15) is 20.0 Å². The molecule has 0 aromatic heterocycles. The van der Waals surface area contributed by atoms with Crippen LogP contribution >= 0.6 is 0 Å². The minimum Gasteiger partial charge on any atom is -0.395 e.